The van der Waals surface area contributed by atoms with Gasteiger partial charge in [-0.15, -0.1) is 11.8 Å². The Bertz CT molecular complexity index is 812. The van der Waals surface area contributed by atoms with Gasteiger partial charge in [-0.2, -0.15) is 0 Å². The van der Waals surface area contributed by atoms with Gasteiger partial charge in [0.1, 0.15) is 11.5 Å². The first-order valence-corrected chi connectivity index (χ1v) is 9.62. The average molecular weight is 409 g/mol. The van der Waals surface area contributed by atoms with Gasteiger partial charge in [0.15, 0.2) is 0 Å². The van der Waals surface area contributed by atoms with Crippen LogP contribution in [0, 0.1) is 6.92 Å². The van der Waals surface area contributed by atoms with Crippen molar-refractivity contribution in [2.75, 3.05) is 36.4 Å². The van der Waals surface area contributed by atoms with Crippen LogP contribution in [-0.2, 0) is 9.59 Å². The van der Waals surface area contributed by atoms with Crippen molar-refractivity contribution in [2.45, 2.75) is 6.92 Å². The predicted molar refractivity (Wildman–Crippen MR) is 110 cm³/mol. The summed E-state index contributed by atoms with van der Waals surface area (Å²) in [5.74, 6) is 1.10. The molecule has 0 atom stereocenters. The molecule has 0 heterocycles. The molecule has 27 heavy (non-hydrogen) atoms. The van der Waals surface area contributed by atoms with Crippen molar-refractivity contribution < 1.29 is 19.1 Å². The minimum absolute atomic E-state index is 0.140. The lowest BCUT2D eigenvalue weighted by molar-refractivity contribution is -0.114. The fourth-order valence-electron chi connectivity index (χ4n) is 2.22. The van der Waals surface area contributed by atoms with E-state index >= 15 is 0 Å². The van der Waals surface area contributed by atoms with E-state index in [2.05, 4.69) is 10.6 Å². The Morgan fingerprint density at radius 2 is 1.63 bits per heavy atom. The van der Waals surface area contributed by atoms with E-state index in [9.17, 15) is 9.59 Å². The van der Waals surface area contributed by atoms with E-state index in [-0.39, 0.29) is 23.3 Å². The van der Waals surface area contributed by atoms with Crippen molar-refractivity contribution in [2.24, 2.45) is 0 Å². The monoisotopic (exact) mass is 408 g/mol. The summed E-state index contributed by atoms with van der Waals surface area (Å²) in [5, 5.41) is 6.11. The number of carbonyl (C=O) groups is 2. The van der Waals surface area contributed by atoms with Crippen molar-refractivity contribution in [1.82, 2.24) is 0 Å². The third-order valence-corrected chi connectivity index (χ3v) is 4.93. The summed E-state index contributed by atoms with van der Waals surface area (Å²) in [5.41, 5.74) is 2.05. The number of hydrogen-bond acceptors (Lipinski definition) is 5. The van der Waals surface area contributed by atoms with Gasteiger partial charge in [-0.1, -0.05) is 11.6 Å². The van der Waals surface area contributed by atoms with Crippen LogP contribution in [0.25, 0.3) is 0 Å². The van der Waals surface area contributed by atoms with Crippen LogP contribution < -0.4 is 20.1 Å². The summed E-state index contributed by atoms with van der Waals surface area (Å²) in [4.78, 5) is 24.1. The van der Waals surface area contributed by atoms with Crippen LogP contribution in [0.15, 0.2) is 36.4 Å². The van der Waals surface area contributed by atoms with Crippen LogP contribution in [0.4, 0.5) is 11.4 Å². The minimum Gasteiger partial charge on any atom is -0.497 e. The smallest absolute Gasteiger partial charge is 0.234 e. The third-order valence-electron chi connectivity index (χ3n) is 3.59. The summed E-state index contributed by atoms with van der Waals surface area (Å²) < 4.78 is 10.3. The molecule has 6 nitrogen and oxygen atoms in total. The molecular formula is C19H21ClN2O4S. The number of ether oxygens (including phenoxy) is 2. The van der Waals surface area contributed by atoms with Crippen LogP contribution in [0.1, 0.15) is 5.56 Å². The predicted octanol–water partition coefficient (Wildman–Crippen LogP) is 3.98. The first-order valence-electron chi connectivity index (χ1n) is 8.08. The maximum absolute atomic E-state index is 12.1. The number of benzene rings is 2. The second kappa shape index (κ2) is 10.1. The third kappa shape index (κ3) is 6.37. The summed E-state index contributed by atoms with van der Waals surface area (Å²) in [6, 6.07) is 10.4. The van der Waals surface area contributed by atoms with Crippen molar-refractivity contribution in [1.29, 1.82) is 0 Å². The molecule has 0 spiro atoms. The molecule has 0 saturated heterocycles. The van der Waals surface area contributed by atoms with Crippen molar-refractivity contribution in [3.63, 3.8) is 0 Å². The minimum atomic E-state index is -0.225. The fourth-order valence-corrected chi connectivity index (χ4v) is 2.99. The zero-order valence-electron chi connectivity index (χ0n) is 15.3. The number of thioether (sulfide) groups is 1. The Morgan fingerprint density at radius 1 is 1.00 bits per heavy atom. The normalized spacial score (nSPS) is 10.2. The highest BCUT2D eigenvalue weighted by molar-refractivity contribution is 8.00. The number of methoxy groups -OCH3 is 2. The van der Waals surface area contributed by atoms with E-state index in [0.717, 1.165) is 5.56 Å². The average Bonchev–Trinajstić information content (AvgIpc) is 2.65. The van der Waals surface area contributed by atoms with E-state index in [1.165, 1.54) is 18.9 Å². The molecule has 8 heteroatoms. The van der Waals surface area contributed by atoms with Gasteiger partial charge in [0.05, 0.1) is 31.4 Å². The van der Waals surface area contributed by atoms with Gasteiger partial charge in [-0.05, 0) is 42.8 Å². The van der Waals surface area contributed by atoms with Crippen LogP contribution in [0.3, 0.4) is 0 Å². The Labute approximate surface area is 167 Å². The highest BCUT2D eigenvalue weighted by atomic mass is 35.5. The van der Waals surface area contributed by atoms with Crippen molar-refractivity contribution in [3.05, 3.63) is 47.0 Å². The van der Waals surface area contributed by atoms with Gasteiger partial charge >= 0.3 is 0 Å². The summed E-state index contributed by atoms with van der Waals surface area (Å²) in [7, 11) is 3.09. The SMILES string of the molecule is COc1ccc(NC(=O)CSCC(=O)Nc2cc(C)c(Cl)cc2OC)cc1. The summed E-state index contributed by atoms with van der Waals surface area (Å²) in [6.07, 6.45) is 0. The highest BCUT2D eigenvalue weighted by Gasteiger charge is 2.11. The first-order chi connectivity index (χ1) is 12.9. The van der Waals surface area contributed by atoms with E-state index < -0.39 is 0 Å². The molecule has 2 aromatic rings. The molecule has 0 aromatic heterocycles. The number of hydrogen-bond donors (Lipinski definition) is 2. The Kier molecular flexibility index (Phi) is 7.82. The summed E-state index contributed by atoms with van der Waals surface area (Å²) >= 11 is 7.28. The zero-order valence-corrected chi connectivity index (χ0v) is 16.9. The molecule has 0 unspecified atom stereocenters. The molecule has 0 radical (unpaired) electrons. The Balaban J connectivity index is 1.80. The lowest BCUT2D eigenvalue weighted by atomic mass is 10.2. The lowest BCUT2D eigenvalue weighted by Crippen LogP contribution is -2.18. The van der Waals surface area contributed by atoms with E-state index in [1.807, 2.05) is 6.92 Å². The highest BCUT2D eigenvalue weighted by Crippen LogP contribution is 2.31. The molecular weight excluding hydrogens is 388 g/mol. The van der Waals surface area contributed by atoms with Gasteiger partial charge in [0.2, 0.25) is 11.8 Å². The van der Waals surface area contributed by atoms with Crippen LogP contribution in [-0.4, -0.2) is 37.5 Å². The van der Waals surface area contributed by atoms with Gasteiger partial charge in [0.25, 0.3) is 0 Å². The standard InChI is InChI=1S/C19H21ClN2O4S/c1-12-8-16(17(26-3)9-15(12)20)22-19(24)11-27-10-18(23)21-13-4-6-14(25-2)7-5-13/h4-9H,10-11H2,1-3H3,(H,21,23)(H,22,24). The van der Waals surface area contributed by atoms with E-state index in [1.54, 1.807) is 43.5 Å². The Hall–Kier alpha value is -2.38. The lowest BCUT2D eigenvalue weighted by Gasteiger charge is -2.12. The summed E-state index contributed by atoms with van der Waals surface area (Å²) in [6.45, 7) is 1.84. The largest absolute Gasteiger partial charge is 0.497 e. The number of amides is 2. The first kappa shape index (κ1) is 20.9. The maximum atomic E-state index is 12.1. The molecule has 2 N–H and O–H groups in total. The quantitative estimate of drug-likeness (QED) is 0.691. The van der Waals surface area contributed by atoms with Gasteiger partial charge in [-0.25, -0.2) is 0 Å². The van der Waals surface area contributed by atoms with Gasteiger partial charge in [-0.3, -0.25) is 9.59 Å². The number of carbonyl (C=O) groups excluding carboxylic acids is 2. The second-order valence-corrected chi connectivity index (χ2v) is 7.01. The molecule has 2 aromatic carbocycles. The van der Waals surface area contributed by atoms with E-state index in [4.69, 9.17) is 21.1 Å². The maximum Gasteiger partial charge on any atom is 0.234 e. The molecule has 0 bridgehead atoms. The number of nitrogens with one attached hydrogen (secondary N) is 2. The second-order valence-electron chi connectivity index (χ2n) is 5.62. The number of aryl methyl sites for hydroxylation is 1. The molecule has 0 aliphatic rings. The fraction of sp³-hybridized carbons (Fsp3) is 0.263. The molecule has 0 aliphatic heterocycles. The zero-order chi connectivity index (χ0) is 19.8. The Morgan fingerprint density at radius 3 is 2.22 bits per heavy atom. The number of anilines is 2. The van der Waals surface area contributed by atoms with Gasteiger partial charge in [0, 0.05) is 16.8 Å². The van der Waals surface area contributed by atoms with E-state index in [0.29, 0.717) is 27.9 Å². The van der Waals surface area contributed by atoms with Crippen LogP contribution >= 0.6 is 23.4 Å². The number of rotatable bonds is 8. The molecule has 0 aliphatic carbocycles. The number of halogens is 1. The topological polar surface area (TPSA) is 76.7 Å². The van der Waals surface area contributed by atoms with Crippen molar-refractivity contribution in [3.8, 4) is 11.5 Å². The molecule has 0 fully saturated rings. The van der Waals surface area contributed by atoms with Crippen LogP contribution in [0.5, 0.6) is 11.5 Å². The van der Waals surface area contributed by atoms with Crippen molar-refractivity contribution >= 4 is 46.6 Å². The molecule has 0 saturated carbocycles. The van der Waals surface area contributed by atoms with Crippen LogP contribution in [0.2, 0.25) is 5.02 Å². The molecule has 2 amide bonds. The molecule has 2 rings (SSSR count). The van der Waals surface area contributed by atoms with Gasteiger partial charge < -0.3 is 20.1 Å². The molecule has 144 valence electrons.